The van der Waals surface area contributed by atoms with Crippen molar-refractivity contribution in [1.29, 1.82) is 0 Å². The molecule has 1 aliphatic heterocycles. The molecule has 2 unspecified atom stereocenters. The molecule has 0 aromatic rings. The van der Waals surface area contributed by atoms with Crippen molar-refractivity contribution in [2.75, 3.05) is 13.6 Å². The Kier molecular flexibility index (Phi) is 5.41. The van der Waals surface area contributed by atoms with E-state index >= 15 is 0 Å². The number of aliphatic carboxylic acids is 1. The maximum absolute atomic E-state index is 11.9. The van der Waals surface area contributed by atoms with Crippen molar-refractivity contribution in [3.63, 3.8) is 0 Å². The number of rotatable bonds is 6. The minimum Gasteiger partial charge on any atom is -0.481 e. The summed E-state index contributed by atoms with van der Waals surface area (Å²) in [6.07, 6.45) is 2.63. The number of likely N-dealkylation sites (tertiary alicyclic amines) is 1. The topological polar surface area (TPSA) is 66.8 Å². The highest BCUT2D eigenvalue weighted by atomic mass is 16.5. The summed E-state index contributed by atoms with van der Waals surface area (Å²) in [5.74, 6) is -1.19. The van der Waals surface area contributed by atoms with Gasteiger partial charge in [-0.15, -0.1) is 0 Å². The molecule has 0 amide bonds. The number of carboxylic acid groups (broad SMARTS) is 1. The second-order valence-corrected chi connectivity index (χ2v) is 4.58. The number of likely N-dealkylation sites (N-methyl/N-ethyl adjacent to an activating group) is 1. The minimum atomic E-state index is -0.920. The Morgan fingerprint density at radius 3 is 2.71 bits per heavy atom. The molecule has 0 spiro atoms. The van der Waals surface area contributed by atoms with Gasteiger partial charge in [0.25, 0.3) is 0 Å². The van der Waals surface area contributed by atoms with Crippen molar-refractivity contribution < 1.29 is 19.4 Å². The van der Waals surface area contributed by atoms with Crippen LogP contribution in [0.4, 0.5) is 0 Å². The maximum atomic E-state index is 11.9. The summed E-state index contributed by atoms with van der Waals surface area (Å²) in [6, 6.07) is -0.192. The van der Waals surface area contributed by atoms with Crippen LogP contribution in [0, 0.1) is 0 Å². The second-order valence-electron chi connectivity index (χ2n) is 4.58. The van der Waals surface area contributed by atoms with Crippen LogP contribution >= 0.6 is 0 Å². The Bertz CT molecular complexity index is 280. The first-order valence-electron chi connectivity index (χ1n) is 6.17. The molecule has 0 radical (unpaired) electrons. The van der Waals surface area contributed by atoms with Crippen LogP contribution in [0.2, 0.25) is 0 Å². The number of nitrogens with zero attached hydrogens (tertiary/aromatic N) is 1. The average molecular weight is 243 g/mol. The van der Waals surface area contributed by atoms with E-state index in [0.29, 0.717) is 6.42 Å². The van der Waals surface area contributed by atoms with Gasteiger partial charge in [-0.1, -0.05) is 13.3 Å². The Balaban J connectivity index is 2.47. The van der Waals surface area contributed by atoms with E-state index in [0.717, 1.165) is 25.8 Å². The molecule has 1 fully saturated rings. The highest BCUT2D eigenvalue weighted by Crippen LogP contribution is 2.18. The third-order valence-electron chi connectivity index (χ3n) is 3.09. The van der Waals surface area contributed by atoms with E-state index < -0.39 is 12.1 Å². The third-order valence-corrected chi connectivity index (χ3v) is 3.09. The van der Waals surface area contributed by atoms with Gasteiger partial charge in [-0.3, -0.25) is 14.5 Å². The van der Waals surface area contributed by atoms with Crippen molar-refractivity contribution in [3.05, 3.63) is 0 Å². The van der Waals surface area contributed by atoms with Gasteiger partial charge >= 0.3 is 11.9 Å². The first-order chi connectivity index (χ1) is 8.04. The third kappa shape index (κ3) is 4.34. The summed E-state index contributed by atoms with van der Waals surface area (Å²) in [5.41, 5.74) is 0. The molecule has 0 aromatic carbocycles. The van der Waals surface area contributed by atoms with E-state index in [1.807, 2.05) is 18.9 Å². The largest absolute Gasteiger partial charge is 0.481 e. The molecule has 98 valence electrons. The van der Waals surface area contributed by atoms with Crippen molar-refractivity contribution in [1.82, 2.24) is 4.90 Å². The summed E-state index contributed by atoms with van der Waals surface area (Å²) < 4.78 is 5.29. The van der Waals surface area contributed by atoms with Crippen molar-refractivity contribution in [2.45, 2.75) is 51.2 Å². The monoisotopic (exact) mass is 243 g/mol. The lowest BCUT2D eigenvalue weighted by molar-refractivity contribution is -0.157. The van der Waals surface area contributed by atoms with Crippen LogP contribution in [0.1, 0.15) is 39.0 Å². The number of ether oxygens (including phenoxy) is 1. The zero-order chi connectivity index (χ0) is 12.8. The van der Waals surface area contributed by atoms with Crippen LogP contribution in [0.15, 0.2) is 0 Å². The van der Waals surface area contributed by atoms with Crippen molar-refractivity contribution in [2.24, 2.45) is 0 Å². The maximum Gasteiger partial charge on any atom is 0.323 e. The predicted octanol–water partition coefficient (Wildman–Crippen LogP) is 1.27. The molecule has 2 atom stereocenters. The van der Waals surface area contributed by atoms with Crippen LogP contribution in [0.3, 0.4) is 0 Å². The van der Waals surface area contributed by atoms with E-state index in [1.54, 1.807) is 0 Å². The van der Waals surface area contributed by atoms with Gasteiger partial charge in [0.2, 0.25) is 0 Å². The lowest BCUT2D eigenvalue weighted by Crippen LogP contribution is -2.37. The molecule has 0 bridgehead atoms. The van der Waals surface area contributed by atoms with Gasteiger partial charge in [0, 0.05) is 0 Å². The molecule has 0 aliphatic carbocycles. The molecule has 1 saturated heterocycles. The summed E-state index contributed by atoms with van der Waals surface area (Å²) in [5, 5.41) is 8.74. The molecule has 1 rings (SSSR count). The molecule has 0 saturated carbocycles. The summed E-state index contributed by atoms with van der Waals surface area (Å²) in [4.78, 5) is 24.5. The SMILES string of the molecule is CCCC(CC(=O)O)OC(=O)C1CCCN1C. The van der Waals surface area contributed by atoms with Gasteiger partial charge in [-0.05, 0) is 32.9 Å². The summed E-state index contributed by atoms with van der Waals surface area (Å²) in [6.45, 7) is 2.85. The Labute approximate surface area is 102 Å². The van der Waals surface area contributed by atoms with E-state index in [1.165, 1.54) is 0 Å². The van der Waals surface area contributed by atoms with Gasteiger partial charge in [0.15, 0.2) is 0 Å². The second kappa shape index (κ2) is 6.59. The molecule has 0 aromatic heterocycles. The lowest BCUT2D eigenvalue weighted by atomic mass is 10.1. The van der Waals surface area contributed by atoms with Crippen molar-refractivity contribution >= 4 is 11.9 Å². The molecule has 1 N–H and O–H groups in total. The minimum absolute atomic E-state index is 0.101. The molecule has 17 heavy (non-hydrogen) atoms. The summed E-state index contributed by atoms with van der Waals surface area (Å²) in [7, 11) is 1.89. The lowest BCUT2D eigenvalue weighted by Gasteiger charge is -2.22. The van der Waals surface area contributed by atoms with Gasteiger partial charge in [-0.25, -0.2) is 0 Å². The quantitative estimate of drug-likeness (QED) is 0.711. The normalized spacial score (nSPS) is 22.4. The average Bonchev–Trinajstić information content (AvgIpc) is 2.63. The standard InChI is InChI=1S/C12H21NO4/c1-3-5-9(8-11(14)15)17-12(16)10-6-4-7-13(10)2/h9-10H,3-8H2,1-2H3,(H,14,15). The Morgan fingerprint density at radius 2 is 2.24 bits per heavy atom. The first-order valence-corrected chi connectivity index (χ1v) is 6.17. The smallest absolute Gasteiger partial charge is 0.323 e. The Morgan fingerprint density at radius 1 is 1.53 bits per heavy atom. The number of carbonyl (C=O) groups is 2. The highest BCUT2D eigenvalue weighted by Gasteiger charge is 2.31. The fourth-order valence-electron chi connectivity index (χ4n) is 2.17. The van der Waals surface area contributed by atoms with E-state index in [4.69, 9.17) is 9.84 Å². The van der Waals surface area contributed by atoms with Gasteiger partial charge in [0.1, 0.15) is 12.1 Å². The van der Waals surface area contributed by atoms with E-state index in [2.05, 4.69) is 0 Å². The van der Waals surface area contributed by atoms with Gasteiger partial charge in [0.05, 0.1) is 6.42 Å². The van der Waals surface area contributed by atoms with Crippen LogP contribution < -0.4 is 0 Å². The van der Waals surface area contributed by atoms with Crippen molar-refractivity contribution in [3.8, 4) is 0 Å². The molecule has 1 aliphatic rings. The molecule has 1 heterocycles. The van der Waals surface area contributed by atoms with Crippen LogP contribution in [-0.4, -0.2) is 47.7 Å². The number of carbonyl (C=O) groups excluding carboxylic acids is 1. The zero-order valence-electron chi connectivity index (χ0n) is 10.5. The molecular formula is C12H21NO4. The number of carboxylic acids is 1. The molecule has 5 heteroatoms. The van der Waals surface area contributed by atoms with E-state index in [9.17, 15) is 9.59 Å². The highest BCUT2D eigenvalue weighted by molar-refractivity contribution is 5.77. The first kappa shape index (κ1) is 14.0. The number of esters is 1. The van der Waals surface area contributed by atoms with Gasteiger partial charge < -0.3 is 9.84 Å². The summed E-state index contributed by atoms with van der Waals surface area (Å²) >= 11 is 0. The van der Waals surface area contributed by atoms with E-state index in [-0.39, 0.29) is 18.4 Å². The fraction of sp³-hybridized carbons (Fsp3) is 0.833. The zero-order valence-corrected chi connectivity index (χ0v) is 10.5. The molecular weight excluding hydrogens is 222 g/mol. The molecule has 5 nitrogen and oxygen atoms in total. The fourth-order valence-corrected chi connectivity index (χ4v) is 2.17. The Hall–Kier alpha value is -1.10. The number of hydrogen-bond acceptors (Lipinski definition) is 4. The van der Waals surface area contributed by atoms with Crippen LogP contribution in [0.25, 0.3) is 0 Å². The number of hydrogen-bond donors (Lipinski definition) is 1. The van der Waals surface area contributed by atoms with Gasteiger partial charge in [-0.2, -0.15) is 0 Å². The van der Waals surface area contributed by atoms with Crippen LogP contribution in [-0.2, 0) is 14.3 Å². The van der Waals surface area contributed by atoms with Crippen LogP contribution in [0.5, 0.6) is 0 Å². The predicted molar refractivity (Wildman–Crippen MR) is 62.7 cm³/mol.